The van der Waals surface area contributed by atoms with Crippen molar-refractivity contribution in [2.45, 2.75) is 57.5 Å². The first-order valence-electron chi connectivity index (χ1n) is 10.6. The molecule has 5 rings (SSSR count). The molecule has 0 saturated heterocycles. The Hall–Kier alpha value is -3.33. The highest BCUT2D eigenvalue weighted by molar-refractivity contribution is 6.01. The van der Waals surface area contributed by atoms with E-state index in [1.54, 1.807) is 0 Å². The highest BCUT2D eigenvalue weighted by Gasteiger charge is 2.30. The minimum Gasteiger partial charge on any atom is -0.380 e. The molecule has 1 unspecified atom stereocenters. The Morgan fingerprint density at radius 3 is 2.90 bits per heavy atom. The van der Waals surface area contributed by atoms with Gasteiger partial charge in [-0.1, -0.05) is 18.2 Å². The molecule has 30 heavy (non-hydrogen) atoms. The lowest BCUT2D eigenvalue weighted by atomic mass is 9.99. The molecule has 2 aliphatic rings. The minimum atomic E-state index is 0.0325. The standard InChI is InChI=1S/C24H25N5O/c1-14-12-22(30)27-20-5-3-4-18(24(20)26-14)17-8-9-21-19(13-17)23(16-6-7-16)28-29(21)15(2)10-11-25/h3-5,8-9,13-16,26H,6-7,10,12H2,1-2H3,(H,27,30)/t14-,15?/m1/s1. The van der Waals surface area contributed by atoms with Gasteiger partial charge in [0, 0.05) is 29.3 Å². The highest BCUT2D eigenvalue weighted by atomic mass is 16.1. The van der Waals surface area contributed by atoms with Gasteiger partial charge in [-0.15, -0.1) is 0 Å². The van der Waals surface area contributed by atoms with Gasteiger partial charge in [0.15, 0.2) is 0 Å². The molecule has 1 fully saturated rings. The molecule has 2 heterocycles. The lowest BCUT2D eigenvalue weighted by Gasteiger charge is -2.17. The van der Waals surface area contributed by atoms with E-state index in [1.165, 1.54) is 18.2 Å². The molecule has 1 amide bonds. The number of anilines is 2. The summed E-state index contributed by atoms with van der Waals surface area (Å²) in [6, 6.07) is 14.8. The van der Waals surface area contributed by atoms with Crippen molar-refractivity contribution in [3.05, 3.63) is 42.1 Å². The summed E-state index contributed by atoms with van der Waals surface area (Å²) in [5.41, 5.74) is 6.19. The van der Waals surface area contributed by atoms with Crippen molar-refractivity contribution in [1.29, 1.82) is 5.26 Å². The molecule has 1 aromatic heterocycles. The number of hydrogen-bond acceptors (Lipinski definition) is 4. The van der Waals surface area contributed by atoms with Crippen molar-refractivity contribution >= 4 is 28.2 Å². The molecule has 0 radical (unpaired) electrons. The largest absolute Gasteiger partial charge is 0.380 e. The second-order valence-corrected chi connectivity index (χ2v) is 8.57. The van der Waals surface area contributed by atoms with Gasteiger partial charge >= 0.3 is 0 Å². The molecule has 2 atom stereocenters. The zero-order valence-corrected chi connectivity index (χ0v) is 17.3. The Morgan fingerprint density at radius 2 is 2.13 bits per heavy atom. The number of nitrogens with one attached hydrogen (secondary N) is 2. The fourth-order valence-corrected chi connectivity index (χ4v) is 4.37. The third-order valence-electron chi connectivity index (χ3n) is 6.03. The molecule has 6 nitrogen and oxygen atoms in total. The van der Waals surface area contributed by atoms with E-state index >= 15 is 0 Å². The number of carbonyl (C=O) groups is 1. The maximum atomic E-state index is 12.1. The number of nitrogens with zero attached hydrogens (tertiary/aromatic N) is 3. The van der Waals surface area contributed by atoms with Crippen molar-refractivity contribution in [1.82, 2.24) is 9.78 Å². The summed E-state index contributed by atoms with van der Waals surface area (Å²) < 4.78 is 2.02. The Morgan fingerprint density at radius 1 is 1.30 bits per heavy atom. The first-order valence-corrected chi connectivity index (χ1v) is 10.6. The van der Waals surface area contributed by atoms with E-state index in [0.717, 1.165) is 33.7 Å². The summed E-state index contributed by atoms with van der Waals surface area (Å²) in [7, 11) is 0. The average molecular weight is 399 g/mol. The van der Waals surface area contributed by atoms with Crippen molar-refractivity contribution in [3.63, 3.8) is 0 Å². The Kier molecular flexibility index (Phi) is 4.47. The van der Waals surface area contributed by atoms with Crippen LogP contribution in [0.2, 0.25) is 0 Å². The number of carbonyl (C=O) groups excluding carboxylic acids is 1. The normalized spacial score (nSPS) is 19.4. The molecule has 2 N–H and O–H groups in total. The lowest BCUT2D eigenvalue weighted by Crippen LogP contribution is -2.19. The van der Waals surface area contributed by atoms with Gasteiger partial charge in [-0.05, 0) is 50.5 Å². The summed E-state index contributed by atoms with van der Waals surface area (Å²) in [5, 5.41) is 21.8. The van der Waals surface area contributed by atoms with Crippen LogP contribution >= 0.6 is 0 Å². The van der Waals surface area contributed by atoms with E-state index in [2.05, 4.69) is 41.0 Å². The highest BCUT2D eigenvalue weighted by Crippen LogP contribution is 2.44. The minimum absolute atomic E-state index is 0.0325. The van der Waals surface area contributed by atoms with Crippen LogP contribution in [-0.2, 0) is 4.79 Å². The van der Waals surface area contributed by atoms with E-state index in [9.17, 15) is 4.79 Å². The van der Waals surface area contributed by atoms with Crippen LogP contribution in [0.1, 0.15) is 57.2 Å². The number of rotatable bonds is 4. The summed E-state index contributed by atoms with van der Waals surface area (Å²) in [6.45, 7) is 4.08. The number of hydrogen-bond donors (Lipinski definition) is 2. The summed E-state index contributed by atoms with van der Waals surface area (Å²) in [5.74, 6) is 0.550. The third kappa shape index (κ3) is 3.21. The molecule has 1 saturated carbocycles. The van der Waals surface area contributed by atoms with Crippen molar-refractivity contribution in [3.8, 4) is 17.2 Å². The van der Waals surface area contributed by atoms with Gasteiger partial charge in [-0.25, -0.2) is 0 Å². The van der Waals surface area contributed by atoms with E-state index in [1.807, 2.05) is 30.7 Å². The maximum absolute atomic E-state index is 12.1. The quantitative estimate of drug-likeness (QED) is 0.632. The second-order valence-electron chi connectivity index (χ2n) is 8.57. The van der Waals surface area contributed by atoms with Gasteiger partial charge in [-0.3, -0.25) is 9.48 Å². The maximum Gasteiger partial charge on any atom is 0.226 e. The van der Waals surface area contributed by atoms with Gasteiger partial charge < -0.3 is 10.6 Å². The zero-order valence-electron chi connectivity index (χ0n) is 17.3. The van der Waals surface area contributed by atoms with Crippen LogP contribution in [0.15, 0.2) is 36.4 Å². The zero-order chi connectivity index (χ0) is 20.8. The molecule has 3 aromatic rings. The SMILES string of the molecule is CC(CC#N)n1nc(C2CC2)c2cc(-c3cccc4c3N[C@H](C)CC(=O)N4)ccc21. The molecule has 1 aliphatic carbocycles. The predicted molar refractivity (Wildman–Crippen MR) is 118 cm³/mol. The van der Waals surface area contributed by atoms with Gasteiger partial charge in [0.2, 0.25) is 5.91 Å². The fraction of sp³-hybridized carbons (Fsp3) is 0.375. The lowest BCUT2D eigenvalue weighted by molar-refractivity contribution is -0.116. The number of nitriles is 1. The van der Waals surface area contributed by atoms with Gasteiger partial charge in [0.25, 0.3) is 0 Å². The summed E-state index contributed by atoms with van der Waals surface area (Å²) in [4.78, 5) is 12.1. The first kappa shape index (κ1) is 18.7. The fourth-order valence-electron chi connectivity index (χ4n) is 4.37. The third-order valence-corrected chi connectivity index (χ3v) is 6.03. The van der Waals surface area contributed by atoms with Crippen LogP contribution in [0, 0.1) is 11.3 Å². The second kappa shape index (κ2) is 7.17. The van der Waals surface area contributed by atoms with Crippen LogP contribution in [0.3, 0.4) is 0 Å². The molecule has 152 valence electrons. The van der Waals surface area contributed by atoms with Crippen LogP contribution in [0.25, 0.3) is 22.0 Å². The molecular formula is C24H25N5O. The van der Waals surface area contributed by atoms with Gasteiger partial charge in [0.1, 0.15) is 0 Å². The van der Waals surface area contributed by atoms with Gasteiger partial charge in [-0.2, -0.15) is 10.4 Å². The van der Waals surface area contributed by atoms with Crippen molar-refractivity contribution < 1.29 is 4.79 Å². The van der Waals surface area contributed by atoms with Crippen molar-refractivity contribution in [2.75, 3.05) is 10.6 Å². The van der Waals surface area contributed by atoms with Crippen LogP contribution in [-0.4, -0.2) is 21.7 Å². The predicted octanol–water partition coefficient (Wildman–Crippen LogP) is 5.20. The van der Waals surface area contributed by atoms with Crippen molar-refractivity contribution in [2.24, 2.45) is 0 Å². The molecule has 6 heteroatoms. The van der Waals surface area contributed by atoms with Crippen LogP contribution in [0.5, 0.6) is 0 Å². The molecule has 1 aliphatic heterocycles. The van der Waals surface area contributed by atoms with E-state index in [-0.39, 0.29) is 18.0 Å². The summed E-state index contributed by atoms with van der Waals surface area (Å²) >= 11 is 0. The Labute approximate surface area is 175 Å². The van der Waals surface area contributed by atoms with Crippen LogP contribution < -0.4 is 10.6 Å². The van der Waals surface area contributed by atoms with E-state index in [4.69, 9.17) is 10.4 Å². The number of benzene rings is 2. The monoisotopic (exact) mass is 399 g/mol. The molecule has 0 bridgehead atoms. The number of amides is 1. The Bertz CT molecular complexity index is 1180. The summed E-state index contributed by atoms with van der Waals surface area (Å²) in [6.07, 6.45) is 3.24. The average Bonchev–Trinajstić information content (AvgIpc) is 3.50. The number of aromatic nitrogens is 2. The smallest absolute Gasteiger partial charge is 0.226 e. The molecular weight excluding hydrogens is 374 g/mol. The first-order chi connectivity index (χ1) is 14.5. The Balaban J connectivity index is 1.65. The molecule has 0 spiro atoms. The number of fused-ring (bicyclic) bond motifs is 2. The van der Waals surface area contributed by atoms with Crippen LogP contribution in [0.4, 0.5) is 11.4 Å². The topological polar surface area (TPSA) is 82.7 Å². The number of para-hydroxylation sites is 1. The van der Waals surface area contributed by atoms with Gasteiger partial charge in [0.05, 0.1) is 41.1 Å². The van der Waals surface area contributed by atoms with E-state index < -0.39 is 0 Å². The molecule has 2 aromatic carbocycles. The van der Waals surface area contributed by atoms with E-state index in [0.29, 0.717) is 18.8 Å².